The molecule has 0 bridgehead atoms. The number of nitrogens with one attached hydrogen (secondary N) is 1. The lowest BCUT2D eigenvalue weighted by atomic mass is 10.1. The van der Waals surface area contributed by atoms with Crippen molar-refractivity contribution in [2.24, 2.45) is 0 Å². The first-order valence-corrected chi connectivity index (χ1v) is 7.64. The van der Waals surface area contributed by atoms with Gasteiger partial charge < -0.3 is 5.32 Å². The SMILES string of the molecule is O=[N+]([O-])c1ccc(Br)cc1NCCc1ccc(Cl)cc1Cl. The molecule has 2 aromatic carbocycles. The molecular weight excluding hydrogens is 379 g/mol. The van der Waals surface area contributed by atoms with Crippen LogP contribution in [0.5, 0.6) is 0 Å². The van der Waals surface area contributed by atoms with E-state index in [1.165, 1.54) is 6.07 Å². The molecule has 0 amide bonds. The zero-order chi connectivity index (χ0) is 15.4. The van der Waals surface area contributed by atoms with Crippen LogP contribution in [0.2, 0.25) is 10.0 Å². The molecule has 0 aliphatic rings. The van der Waals surface area contributed by atoms with Crippen LogP contribution < -0.4 is 5.32 Å². The van der Waals surface area contributed by atoms with Crippen molar-refractivity contribution in [3.63, 3.8) is 0 Å². The molecule has 0 radical (unpaired) electrons. The Kier molecular flexibility index (Phi) is 5.45. The maximum atomic E-state index is 11.0. The Morgan fingerprint density at radius 1 is 1.19 bits per heavy atom. The molecule has 21 heavy (non-hydrogen) atoms. The maximum absolute atomic E-state index is 11.0. The summed E-state index contributed by atoms with van der Waals surface area (Å²) in [5, 5.41) is 15.2. The summed E-state index contributed by atoms with van der Waals surface area (Å²) in [4.78, 5) is 10.6. The maximum Gasteiger partial charge on any atom is 0.292 e. The molecule has 0 saturated carbocycles. The first-order chi connectivity index (χ1) is 9.97. The minimum atomic E-state index is -0.413. The van der Waals surface area contributed by atoms with Crippen LogP contribution >= 0.6 is 39.1 Å². The molecule has 110 valence electrons. The number of nitro groups is 1. The van der Waals surface area contributed by atoms with Gasteiger partial charge in [-0.15, -0.1) is 0 Å². The van der Waals surface area contributed by atoms with Gasteiger partial charge in [0.05, 0.1) is 4.92 Å². The van der Waals surface area contributed by atoms with Crippen molar-refractivity contribution in [1.29, 1.82) is 0 Å². The third-order valence-corrected chi connectivity index (χ3v) is 3.96. The van der Waals surface area contributed by atoms with E-state index in [1.54, 1.807) is 24.3 Å². The summed E-state index contributed by atoms with van der Waals surface area (Å²) < 4.78 is 0.778. The first kappa shape index (κ1) is 16.1. The van der Waals surface area contributed by atoms with E-state index in [0.717, 1.165) is 10.0 Å². The van der Waals surface area contributed by atoms with Gasteiger partial charge in [-0.05, 0) is 36.2 Å². The Morgan fingerprint density at radius 2 is 1.95 bits per heavy atom. The van der Waals surface area contributed by atoms with Gasteiger partial charge in [-0.2, -0.15) is 0 Å². The van der Waals surface area contributed by atoms with Crippen molar-refractivity contribution in [3.05, 3.63) is 66.6 Å². The van der Waals surface area contributed by atoms with Crippen LogP contribution in [0.1, 0.15) is 5.56 Å². The molecule has 0 aliphatic carbocycles. The van der Waals surface area contributed by atoms with Gasteiger partial charge in [0.15, 0.2) is 0 Å². The van der Waals surface area contributed by atoms with Crippen LogP contribution in [-0.4, -0.2) is 11.5 Å². The second-order valence-electron chi connectivity index (χ2n) is 4.33. The zero-order valence-corrected chi connectivity index (χ0v) is 13.9. The van der Waals surface area contributed by atoms with Crippen molar-refractivity contribution in [1.82, 2.24) is 0 Å². The van der Waals surface area contributed by atoms with Crippen molar-refractivity contribution in [2.75, 3.05) is 11.9 Å². The normalized spacial score (nSPS) is 10.4. The summed E-state index contributed by atoms with van der Waals surface area (Å²) in [6, 6.07) is 10.1. The summed E-state index contributed by atoms with van der Waals surface area (Å²) in [6.07, 6.45) is 0.639. The second kappa shape index (κ2) is 7.11. The molecule has 0 fully saturated rings. The van der Waals surface area contributed by atoms with E-state index in [9.17, 15) is 10.1 Å². The lowest BCUT2D eigenvalue weighted by Crippen LogP contribution is -2.07. The molecule has 4 nitrogen and oxygen atoms in total. The first-order valence-electron chi connectivity index (χ1n) is 6.09. The molecule has 0 atom stereocenters. The van der Waals surface area contributed by atoms with Crippen LogP contribution in [0.15, 0.2) is 40.9 Å². The van der Waals surface area contributed by atoms with E-state index < -0.39 is 4.92 Å². The van der Waals surface area contributed by atoms with Gasteiger partial charge in [0.2, 0.25) is 0 Å². The summed E-state index contributed by atoms with van der Waals surface area (Å²) in [5.74, 6) is 0. The molecular formula is C14H11BrCl2N2O2. The third-order valence-electron chi connectivity index (χ3n) is 2.88. The van der Waals surface area contributed by atoms with Gasteiger partial charge in [-0.3, -0.25) is 10.1 Å². The zero-order valence-electron chi connectivity index (χ0n) is 10.8. The molecule has 2 rings (SSSR count). The standard InChI is InChI=1S/C14H11BrCl2N2O2/c15-10-2-4-14(19(20)21)13(7-10)18-6-5-9-1-3-11(16)8-12(9)17/h1-4,7-8,18H,5-6H2. The van der Waals surface area contributed by atoms with Crippen molar-refractivity contribution in [3.8, 4) is 0 Å². The predicted molar refractivity (Wildman–Crippen MR) is 89.5 cm³/mol. The highest BCUT2D eigenvalue weighted by Crippen LogP contribution is 2.28. The van der Waals surface area contributed by atoms with Crippen molar-refractivity contribution in [2.45, 2.75) is 6.42 Å². The molecule has 0 aromatic heterocycles. The van der Waals surface area contributed by atoms with E-state index in [2.05, 4.69) is 21.2 Å². The van der Waals surface area contributed by atoms with Gasteiger partial charge in [0.25, 0.3) is 5.69 Å². The van der Waals surface area contributed by atoms with Crippen LogP contribution in [0, 0.1) is 10.1 Å². The Labute approximate surface area is 140 Å². The molecule has 0 unspecified atom stereocenters. The minimum Gasteiger partial charge on any atom is -0.379 e. The average Bonchev–Trinajstić information content (AvgIpc) is 2.41. The van der Waals surface area contributed by atoms with Gasteiger partial charge in [0, 0.05) is 27.1 Å². The molecule has 0 aliphatic heterocycles. The number of halogens is 3. The van der Waals surface area contributed by atoms with E-state index in [-0.39, 0.29) is 5.69 Å². The Bertz CT molecular complexity index is 680. The number of hydrogen-bond donors (Lipinski definition) is 1. The third kappa shape index (κ3) is 4.33. The molecule has 0 heterocycles. The van der Waals surface area contributed by atoms with Crippen LogP contribution in [0.3, 0.4) is 0 Å². The number of nitrogens with zero attached hydrogens (tertiary/aromatic N) is 1. The Morgan fingerprint density at radius 3 is 2.62 bits per heavy atom. The van der Waals surface area contributed by atoms with Crippen LogP contribution in [0.25, 0.3) is 0 Å². The monoisotopic (exact) mass is 388 g/mol. The highest BCUT2D eigenvalue weighted by atomic mass is 79.9. The van der Waals surface area contributed by atoms with E-state index in [0.29, 0.717) is 28.7 Å². The number of hydrogen-bond acceptors (Lipinski definition) is 3. The molecule has 1 N–H and O–H groups in total. The number of nitro benzene ring substituents is 1. The highest BCUT2D eigenvalue weighted by molar-refractivity contribution is 9.10. The van der Waals surface area contributed by atoms with Gasteiger partial charge in [0.1, 0.15) is 5.69 Å². The fourth-order valence-electron chi connectivity index (χ4n) is 1.87. The summed E-state index contributed by atoms with van der Waals surface area (Å²) >= 11 is 15.2. The number of rotatable bonds is 5. The van der Waals surface area contributed by atoms with Crippen molar-refractivity contribution >= 4 is 50.5 Å². The topological polar surface area (TPSA) is 55.2 Å². The van der Waals surface area contributed by atoms with E-state index >= 15 is 0 Å². The fourth-order valence-corrected chi connectivity index (χ4v) is 2.73. The second-order valence-corrected chi connectivity index (χ2v) is 6.09. The molecule has 0 saturated heterocycles. The molecule has 2 aromatic rings. The molecule has 7 heteroatoms. The average molecular weight is 390 g/mol. The summed E-state index contributed by atoms with van der Waals surface area (Å²) in [5.41, 5.74) is 1.45. The Hall–Kier alpha value is -1.30. The lowest BCUT2D eigenvalue weighted by Gasteiger charge is -2.09. The predicted octanol–water partition coefficient (Wildman–Crippen LogP) is 5.32. The summed E-state index contributed by atoms with van der Waals surface area (Å²) in [7, 11) is 0. The van der Waals surface area contributed by atoms with E-state index in [1.807, 2.05) is 6.07 Å². The number of benzene rings is 2. The number of anilines is 1. The Balaban J connectivity index is 2.06. The fraction of sp³-hybridized carbons (Fsp3) is 0.143. The van der Waals surface area contributed by atoms with E-state index in [4.69, 9.17) is 23.2 Å². The quantitative estimate of drug-likeness (QED) is 0.556. The van der Waals surface area contributed by atoms with Gasteiger partial charge >= 0.3 is 0 Å². The minimum absolute atomic E-state index is 0.0420. The lowest BCUT2D eigenvalue weighted by molar-refractivity contribution is -0.384. The van der Waals surface area contributed by atoms with Gasteiger partial charge in [-0.1, -0.05) is 45.2 Å². The summed E-state index contributed by atoms with van der Waals surface area (Å²) in [6.45, 7) is 0.526. The van der Waals surface area contributed by atoms with Crippen LogP contribution in [-0.2, 0) is 6.42 Å². The largest absolute Gasteiger partial charge is 0.379 e. The van der Waals surface area contributed by atoms with Crippen molar-refractivity contribution < 1.29 is 4.92 Å². The highest BCUT2D eigenvalue weighted by Gasteiger charge is 2.13. The smallest absolute Gasteiger partial charge is 0.292 e. The van der Waals surface area contributed by atoms with Gasteiger partial charge in [-0.25, -0.2) is 0 Å². The molecule has 0 spiro atoms. The van der Waals surface area contributed by atoms with Crippen LogP contribution in [0.4, 0.5) is 11.4 Å².